The topological polar surface area (TPSA) is 82.7 Å². The molecule has 11 heteroatoms. The number of thiophene rings is 1. The maximum absolute atomic E-state index is 12.9. The lowest BCUT2D eigenvalue weighted by atomic mass is 10.4. The summed E-state index contributed by atoms with van der Waals surface area (Å²) >= 11 is 5.99. The smallest absolute Gasteiger partial charge is 0.292 e. The zero-order valence-electron chi connectivity index (χ0n) is 13.3. The second kappa shape index (κ2) is 6.28. The van der Waals surface area contributed by atoms with Gasteiger partial charge in [-0.15, -0.1) is 21.5 Å². The van der Waals surface area contributed by atoms with E-state index in [1.165, 1.54) is 11.8 Å². The molecule has 0 fully saturated rings. The fraction of sp³-hybridized carbons (Fsp3) is 0.308. The van der Waals surface area contributed by atoms with E-state index >= 15 is 0 Å². The highest BCUT2D eigenvalue weighted by atomic mass is 79.9. The van der Waals surface area contributed by atoms with E-state index in [1.54, 1.807) is 26.0 Å². The third kappa shape index (κ3) is 2.72. The Hall–Kier alpha value is -1.17. The van der Waals surface area contributed by atoms with Crippen molar-refractivity contribution >= 4 is 49.1 Å². The minimum absolute atomic E-state index is 0.212. The quantitative estimate of drug-likeness (QED) is 0.571. The van der Waals surface area contributed by atoms with E-state index in [4.69, 9.17) is 0 Å². The lowest BCUT2D eigenvalue weighted by Crippen LogP contribution is -2.14. The summed E-state index contributed by atoms with van der Waals surface area (Å²) in [6, 6.07) is 3.32. The van der Waals surface area contributed by atoms with Crippen LogP contribution < -0.4 is 0 Å². The normalized spacial score (nSPS) is 12.0. The van der Waals surface area contributed by atoms with Crippen LogP contribution >= 0.6 is 39.0 Å². The molecule has 0 atom stereocenters. The van der Waals surface area contributed by atoms with Crippen LogP contribution in [0.5, 0.6) is 0 Å². The van der Waals surface area contributed by atoms with Crippen molar-refractivity contribution in [1.82, 2.24) is 24.0 Å². The van der Waals surface area contributed by atoms with Crippen molar-refractivity contribution < 1.29 is 8.42 Å². The van der Waals surface area contributed by atoms with E-state index in [1.807, 2.05) is 17.9 Å². The summed E-state index contributed by atoms with van der Waals surface area (Å²) in [5, 5.41) is 13.1. The van der Waals surface area contributed by atoms with Crippen molar-refractivity contribution in [3.63, 3.8) is 0 Å². The minimum atomic E-state index is -3.74. The van der Waals surface area contributed by atoms with Gasteiger partial charge in [-0.05, 0) is 48.2 Å². The molecule has 0 spiro atoms. The standard InChI is InChI=1S/C13H14BrN5O2S3/c1-7-11(14)8(2)19(17-7)24(20,21)10-6-5-9(23-10)12-15-16-13(22-4)18(12)3/h5-6H,1-4H3. The number of rotatable bonds is 4. The molecule has 0 aliphatic heterocycles. The first kappa shape index (κ1) is 17.6. The highest BCUT2D eigenvalue weighted by molar-refractivity contribution is 9.10. The lowest BCUT2D eigenvalue weighted by Gasteiger charge is -2.04. The molecule has 3 aromatic rings. The van der Waals surface area contributed by atoms with Gasteiger partial charge in [0.05, 0.1) is 20.7 Å². The second-order valence-electron chi connectivity index (χ2n) is 5.02. The van der Waals surface area contributed by atoms with Gasteiger partial charge in [0.25, 0.3) is 10.0 Å². The SMILES string of the molecule is CSc1nnc(-c2ccc(S(=O)(=O)n3nc(C)c(Br)c3C)s2)n1C. The summed E-state index contributed by atoms with van der Waals surface area (Å²) in [6.45, 7) is 3.47. The van der Waals surface area contributed by atoms with Crippen molar-refractivity contribution in [2.75, 3.05) is 6.26 Å². The van der Waals surface area contributed by atoms with Crippen LogP contribution in [-0.2, 0) is 17.1 Å². The van der Waals surface area contributed by atoms with Crippen molar-refractivity contribution in [2.24, 2.45) is 7.05 Å². The molecule has 128 valence electrons. The van der Waals surface area contributed by atoms with Crippen LogP contribution in [0.2, 0.25) is 0 Å². The first-order valence-corrected chi connectivity index (χ1v) is 11.1. The fourth-order valence-electron chi connectivity index (χ4n) is 2.21. The van der Waals surface area contributed by atoms with Crippen LogP contribution in [-0.4, -0.2) is 38.6 Å². The van der Waals surface area contributed by atoms with E-state index in [0.29, 0.717) is 21.7 Å². The predicted octanol–water partition coefficient (Wildman–Crippen LogP) is 3.08. The Morgan fingerprint density at radius 3 is 2.50 bits per heavy atom. The van der Waals surface area contributed by atoms with Gasteiger partial charge < -0.3 is 4.57 Å². The molecule has 24 heavy (non-hydrogen) atoms. The van der Waals surface area contributed by atoms with E-state index in [2.05, 4.69) is 31.2 Å². The third-order valence-corrected chi connectivity index (χ3v) is 8.55. The Morgan fingerprint density at radius 2 is 1.96 bits per heavy atom. The van der Waals surface area contributed by atoms with E-state index in [9.17, 15) is 8.42 Å². The van der Waals surface area contributed by atoms with Crippen molar-refractivity contribution in [3.8, 4) is 10.7 Å². The molecule has 0 amide bonds. The molecule has 7 nitrogen and oxygen atoms in total. The Bertz CT molecular complexity index is 1020. The van der Waals surface area contributed by atoms with Crippen LogP contribution in [0.1, 0.15) is 11.4 Å². The number of aryl methyl sites for hydroxylation is 1. The molecule has 3 rings (SSSR count). The number of thioether (sulfide) groups is 1. The Labute approximate surface area is 156 Å². The Kier molecular flexibility index (Phi) is 4.62. The van der Waals surface area contributed by atoms with Crippen LogP contribution in [0.15, 0.2) is 26.0 Å². The van der Waals surface area contributed by atoms with Crippen LogP contribution in [0.3, 0.4) is 0 Å². The summed E-state index contributed by atoms with van der Waals surface area (Å²) < 4.78 is 29.5. The Balaban J connectivity index is 2.06. The van der Waals surface area contributed by atoms with Crippen LogP contribution in [0.4, 0.5) is 0 Å². The molecule has 0 radical (unpaired) electrons. The third-order valence-electron chi connectivity index (χ3n) is 3.46. The van der Waals surface area contributed by atoms with Gasteiger partial charge in [-0.2, -0.15) is 17.6 Å². The average molecular weight is 448 g/mol. The van der Waals surface area contributed by atoms with E-state index in [0.717, 1.165) is 25.5 Å². The molecule has 0 bridgehead atoms. The van der Waals surface area contributed by atoms with E-state index < -0.39 is 10.0 Å². The molecule has 0 saturated carbocycles. The van der Waals surface area contributed by atoms with Gasteiger partial charge in [0, 0.05) is 7.05 Å². The van der Waals surface area contributed by atoms with Gasteiger partial charge in [-0.1, -0.05) is 11.8 Å². The van der Waals surface area contributed by atoms with Crippen LogP contribution in [0, 0.1) is 13.8 Å². The average Bonchev–Trinajstić information content (AvgIpc) is 3.22. The van der Waals surface area contributed by atoms with Crippen molar-refractivity contribution in [2.45, 2.75) is 23.2 Å². The first-order valence-electron chi connectivity index (χ1n) is 6.78. The van der Waals surface area contributed by atoms with Gasteiger partial charge in [0.2, 0.25) is 0 Å². The van der Waals surface area contributed by atoms with E-state index in [-0.39, 0.29) is 4.21 Å². The highest BCUT2D eigenvalue weighted by Crippen LogP contribution is 2.33. The van der Waals surface area contributed by atoms with Gasteiger partial charge in [0.1, 0.15) is 4.21 Å². The molecule has 3 aromatic heterocycles. The molecular formula is C13H14BrN5O2S3. The number of aromatic nitrogens is 5. The zero-order chi connectivity index (χ0) is 17.6. The second-order valence-corrected chi connectivity index (χ2v) is 9.67. The van der Waals surface area contributed by atoms with Gasteiger partial charge in [-0.25, -0.2) is 0 Å². The number of nitrogens with zero attached hydrogens (tertiary/aromatic N) is 5. The zero-order valence-corrected chi connectivity index (χ0v) is 17.3. The molecule has 0 unspecified atom stereocenters. The molecule has 3 heterocycles. The highest BCUT2D eigenvalue weighted by Gasteiger charge is 2.25. The summed E-state index contributed by atoms with van der Waals surface area (Å²) in [4.78, 5) is 0.740. The maximum Gasteiger partial charge on any atom is 0.292 e. The monoisotopic (exact) mass is 447 g/mol. The lowest BCUT2D eigenvalue weighted by molar-refractivity contribution is 0.580. The molecule has 0 saturated heterocycles. The van der Waals surface area contributed by atoms with Gasteiger partial charge in [0.15, 0.2) is 11.0 Å². The molecule has 0 aliphatic carbocycles. The van der Waals surface area contributed by atoms with Gasteiger partial charge in [-0.3, -0.25) is 0 Å². The maximum atomic E-state index is 12.9. The molecule has 0 aliphatic rings. The molecule has 0 N–H and O–H groups in total. The number of halogens is 1. The summed E-state index contributed by atoms with van der Waals surface area (Å²) in [7, 11) is -1.88. The largest absolute Gasteiger partial charge is 0.305 e. The summed E-state index contributed by atoms with van der Waals surface area (Å²) in [6.07, 6.45) is 1.92. The number of hydrogen-bond donors (Lipinski definition) is 0. The first-order chi connectivity index (χ1) is 11.3. The van der Waals surface area contributed by atoms with Crippen LogP contribution in [0.25, 0.3) is 10.7 Å². The van der Waals surface area contributed by atoms with Gasteiger partial charge >= 0.3 is 0 Å². The minimum Gasteiger partial charge on any atom is -0.305 e. The molecular weight excluding hydrogens is 434 g/mol. The summed E-state index contributed by atoms with van der Waals surface area (Å²) in [5.74, 6) is 0.639. The fourth-order valence-corrected chi connectivity index (χ4v) is 5.81. The Morgan fingerprint density at radius 1 is 1.25 bits per heavy atom. The number of hydrogen-bond acceptors (Lipinski definition) is 7. The molecule has 0 aromatic carbocycles. The summed E-state index contributed by atoms with van der Waals surface area (Å²) in [5.41, 5.74) is 1.18. The van der Waals surface area contributed by atoms with Crippen molar-refractivity contribution in [3.05, 3.63) is 28.0 Å². The van der Waals surface area contributed by atoms with Crippen molar-refractivity contribution in [1.29, 1.82) is 0 Å². The predicted molar refractivity (Wildman–Crippen MR) is 98.1 cm³/mol.